The second-order valence-corrected chi connectivity index (χ2v) is 5.26. The van der Waals surface area contributed by atoms with Crippen LogP contribution in [0.25, 0.3) is 0 Å². The minimum atomic E-state index is 0.362. The lowest BCUT2D eigenvalue weighted by Gasteiger charge is -2.21. The quantitative estimate of drug-likeness (QED) is 0.741. The molecule has 0 spiro atoms. The van der Waals surface area contributed by atoms with Gasteiger partial charge in [0.2, 0.25) is 0 Å². The van der Waals surface area contributed by atoms with E-state index in [9.17, 15) is 0 Å². The summed E-state index contributed by atoms with van der Waals surface area (Å²) in [5, 5.41) is 0. The van der Waals surface area contributed by atoms with Gasteiger partial charge in [0, 0.05) is 6.54 Å². The fraction of sp³-hybridized carbons (Fsp3) is 0.600. The summed E-state index contributed by atoms with van der Waals surface area (Å²) in [7, 11) is 5.90. The van der Waals surface area contributed by atoms with Gasteiger partial charge in [0.15, 0.2) is 0 Å². The number of rotatable bonds is 7. The second kappa shape index (κ2) is 6.10. The van der Waals surface area contributed by atoms with Crippen molar-refractivity contribution in [3.8, 4) is 11.5 Å². The topological polar surface area (TPSA) is 21.7 Å². The fourth-order valence-corrected chi connectivity index (χ4v) is 2.07. The van der Waals surface area contributed by atoms with E-state index in [1.165, 1.54) is 12.8 Å². The van der Waals surface area contributed by atoms with Gasteiger partial charge in [-0.3, -0.25) is 0 Å². The van der Waals surface area contributed by atoms with Gasteiger partial charge in [0.05, 0.1) is 7.11 Å². The van der Waals surface area contributed by atoms with Gasteiger partial charge in [-0.2, -0.15) is 0 Å². The lowest BCUT2D eigenvalue weighted by molar-refractivity contribution is 0.155. The maximum absolute atomic E-state index is 6.11. The summed E-state index contributed by atoms with van der Waals surface area (Å²) < 4.78 is 11.3. The molecule has 1 aromatic rings. The van der Waals surface area contributed by atoms with Crippen molar-refractivity contribution >= 4 is 0 Å². The first kappa shape index (κ1) is 13.2. The standard InChI is InChI=1S/C15H23NO2/c1-16(2)11-10-15(12-4-5-12)18-14-8-6-13(17-3)7-9-14/h6-9,12,15H,4-5,10-11H2,1-3H3. The van der Waals surface area contributed by atoms with E-state index in [0.717, 1.165) is 30.4 Å². The summed E-state index contributed by atoms with van der Waals surface area (Å²) in [6.45, 7) is 1.08. The van der Waals surface area contributed by atoms with E-state index in [-0.39, 0.29) is 0 Å². The molecule has 1 aliphatic carbocycles. The van der Waals surface area contributed by atoms with Gasteiger partial charge >= 0.3 is 0 Å². The summed E-state index contributed by atoms with van der Waals surface area (Å²) in [4.78, 5) is 2.22. The Bertz CT molecular complexity index is 357. The molecule has 0 saturated heterocycles. The highest BCUT2D eigenvalue weighted by Gasteiger charge is 2.32. The molecule has 18 heavy (non-hydrogen) atoms. The summed E-state index contributed by atoms with van der Waals surface area (Å²) >= 11 is 0. The molecule has 1 saturated carbocycles. The van der Waals surface area contributed by atoms with Gasteiger partial charge in [0.25, 0.3) is 0 Å². The van der Waals surface area contributed by atoms with Crippen molar-refractivity contribution in [1.29, 1.82) is 0 Å². The Morgan fingerprint density at radius 3 is 2.28 bits per heavy atom. The molecule has 100 valence electrons. The number of hydrogen-bond acceptors (Lipinski definition) is 3. The Kier molecular flexibility index (Phi) is 4.48. The van der Waals surface area contributed by atoms with E-state index in [0.29, 0.717) is 6.10 Å². The zero-order valence-electron chi connectivity index (χ0n) is 11.6. The molecule has 1 fully saturated rings. The fourth-order valence-electron chi connectivity index (χ4n) is 2.07. The van der Waals surface area contributed by atoms with Gasteiger partial charge in [-0.15, -0.1) is 0 Å². The summed E-state index contributed by atoms with van der Waals surface area (Å²) in [5.74, 6) is 2.58. The van der Waals surface area contributed by atoms with Crippen LogP contribution in [0.15, 0.2) is 24.3 Å². The van der Waals surface area contributed by atoms with E-state index in [1.54, 1.807) is 7.11 Å². The lowest BCUT2D eigenvalue weighted by atomic mass is 10.1. The number of benzene rings is 1. The Balaban J connectivity index is 1.90. The average molecular weight is 249 g/mol. The zero-order valence-corrected chi connectivity index (χ0v) is 11.6. The average Bonchev–Trinajstić information content (AvgIpc) is 3.19. The smallest absolute Gasteiger partial charge is 0.120 e. The van der Waals surface area contributed by atoms with E-state index in [4.69, 9.17) is 9.47 Å². The van der Waals surface area contributed by atoms with Crippen LogP contribution in [0.4, 0.5) is 0 Å². The molecule has 0 N–H and O–H groups in total. The van der Waals surface area contributed by atoms with E-state index in [2.05, 4.69) is 19.0 Å². The van der Waals surface area contributed by atoms with Crippen LogP contribution in [0.1, 0.15) is 19.3 Å². The predicted molar refractivity (Wildman–Crippen MR) is 73.3 cm³/mol. The molecule has 3 nitrogen and oxygen atoms in total. The normalized spacial score (nSPS) is 16.7. The highest BCUT2D eigenvalue weighted by Crippen LogP contribution is 2.36. The molecule has 0 amide bonds. The van der Waals surface area contributed by atoms with Gasteiger partial charge < -0.3 is 14.4 Å². The summed E-state index contributed by atoms with van der Waals surface area (Å²) in [5.41, 5.74) is 0. The molecule has 0 aliphatic heterocycles. The monoisotopic (exact) mass is 249 g/mol. The van der Waals surface area contributed by atoms with Crippen LogP contribution in [-0.4, -0.2) is 38.8 Å². The van der Waals surface area contributed by atoms with Crippen molar-refractivity contribution in [1.82, 2.24) is 4.90 Å². The SMILES string of the molecule is COc1ccc(OC(CCN(C)C)C2CC2)cc1. The minimum Gasteiger partial charge on any atom is -0.497 e. The molecule has 3 heteroatoms. The molecule has 0 heterocycles. The summed E-state index contributed by atoms with van der Waals surface area (Å²) in [6, 6.07) is 7.88. The molecular weight excluding hydrogens is 226 g/mol. The third kappa shape index (κ3) is 3.91. The molecular formula is C15H23NO2. The first-order valence-electron chi connectivity index (χ1n) is 6.64. The van der Waals surface area contributed by atoms with Crippen LogP contribution in [-0.2, 0) is 0 Å². The maximum Gasteiger partial charge on any atom is 0.120 e. The maximum atomic E-state index is 6.11. The largest absolute Gasteiger partial charge is 0.497 e. The van der Waals surface area contributed by atoms with Crippen LogP contribution in [0.5, 0.6) is 11.5 Å². The Morgan fingerprint density at radius 2 is 1.78 bits per heavy atom. The Hall–Kier alpha value is -1.22. The molecule has 2 rings (SSSR count). The van der Waals surface area contributed by atoms with E-state index in [1.807, 2.05) is 24.3 Å². The van der Waals surface area contributed by atoms with Crippen LogP contribution >= 0.6 is 0 Å². The minimum absolute atomic E-state index is 0.362. The van der Waals surface area contributed by atoms with Crippen LogP contribution < -0.4 is 9.47 Å². The van der Waals surface area contributed by atoms with Gasteiger partial charge in [-0.1, -0.05) is 0 Å². The van der Waals surface area contributed by atoms with Gasteiger partial charge in [-0.05, 0) is 63.5 Å². The second-order valence-electron chi connectivity index (χ2n) is 5.26. The third-order valence-electron chi connectivity index (χ3n) is 3.36. The lowest BCUT2D eigenvalue weighted by Crippen LogP contribution is -2.25. The van der Waals surface area contributed by atoms with Gasteiger partial charge in [0.1, 0.15) is 17.6 Å². The number of nitrogens with zero attached hydrogens (tertiary/aromatic N) is 1. The summed E-state index contributed by atoms with van der Waals surface area (Å²) in [6.07, 6.45) is 4.09. The predicted octanol–water partition coefficient (Wildman–Crippen LogP) is 2.80. The molecule has 1 unspecified atom stereocenters. The van der Waals surface area contributed by atoms with Crippen LogP contribution in [0, 0.1) is 5.92 Å². The molecule has 1 atom stereocenters. The van der Waals surface area contributed by atoms with Crippen molar-refractivity contribution in [3.63, 3.8) is 0 Å². The third-order valence-corrected chi connectivity index (χ3v) is 3.36. The molecule has 0 radical (unpaired) electrons. The van der Waals surface area contributed by atoms with Crippen LogP contribution in [0.2, 0.25) is 0 Å². The number of methoxy groups -OCH3 is 1. The van der Waals surface area contributed by atoms with Crippen molar-refractivity contribution < 1.29 is 9.47 Å². The van der Waals surface area contributed by atoms with Crippen molar-refractivity contribution in [2.24, 2.45) is 5.92 Å². The molecule has 0 bridgehead atoms. The number of ether oxygens (including phenoxy) is 2. The zero-order chi connectivity index (χ0) is 13.0. The highest BCUT2D eigenvalue weighted by molar-refractivity contribution is 5.31. The first-order valence-corrected chi connectivity index (χ1v) is 6.64. The Labute approximate surface area is 110 Å². The first-order chi connectivity index (χ1) is 8.69. The number of hydrogen-bond donors (Lipinski definition) is 0. The van der Waals surface area contributed by atoms with Crippen molar-refractivity contribution in [2.45, 2.75) is 25.4 Å². The van der Waals surface area contributed by atoms with E-state index >= 15 is 0 Å². The van der Waals surface area contributed by atoms with Crippen molar-refractivity contribution in [3.05, 3.63) is 24.3 Å². The van der Waals surface area contributed by atoms with Gasteiger partial charge in [-0.25, -0.2) is 0 Å². The molecule has 0 aromatic heterocycles. The highest BCUT2D eigenvalue weighted by atomic mass is 16.5. The Morgan fingerprint density at radius 1 is 1.17 bits per heavy atom. The molecule has 1 aliphatic rings. The van der Waals surface area contributed by atoms with Crippen molar-refractivity contribution in [2.75, 3.05) is 27.7 Å². The van der Waals surface area contributed by atoms with E-state index < -0.39 is 0 Å². The molecule has 1 aromatic carbocycles. The van der Waals surface area contributed by atoms with Crippen LogP contribution in [0.3, 0.4) is 0 Å².